The smallest absolute Gasteiger partial charge is 0.270 e. The first-order valence-corrected chi connectivity index (χ1v) is 11.7. The largest absolute Gasteiger partial charge is 0.493 e. The number of anilines is 1. The molecule has 3 aromatic rings. The number of hydrogen-bond acceptors (Lipinski definition) is 6. The normalized spacial score (nSPS) is 14.6. The van der Waals surface area contributed by atoms with Crippen LogP contribution in [0, 0.1) is 0 Å². The molecule has 0 aromatic heterocycles. The van der Waals surface area contributed by atoms with Crippen LogP contribution in [-0.4, -0.2) is 30.6 Å². The average Bonchev–Trinajstić information content (AvgIpc) is 3.12. The first kappa shape index (κ1) is 22.9. The van der Waals surface area contributed by atoms with Gasteiger partial charge in [0, 0.05) is 6.42 Å². The van der Waals surface area contributed by atoms with Gasteiger partial charge in [0.25, 0.3) is 5.91 Å². The molecule has 0 unspecified atom stereocenters. The van der Waals surface area contributed by atoms with Crippen LogP contribution in [0.4, 0.5) is 5.69 Å². The number of methoxy groups -OCH3 is 1. The summed E-state index contributed by atoms with van der Waals surface area (Å²) >= 11 is 6.74. The Morgan fingerprint density at radius 1 is 0.909 bits per heavy atom. The van der Waals surface area contributed by atoms with Gasteiger partial charge >= 0.3 is 0 Å². The van der Waals surface area contributed by atoms with Crippen LogP contribution in [0.2, 0.25) is 0 Å². The second kappa shape index (κ2) is 11.0. The van der Waals surface area contributed by atoms with E-state index in [-0.39, 0.29) is 5.91 Å². The van der Waals surface area contributed by atoms with Crippen molar-refractivity contribution in [3.05, 3.63) is 89.3 Å². The van der Waals surface area contributed by atoms with Gasteiger partial charge in [0.15, 0.2) is 15.8 Å². The third kappa shape index (κ3) is 5.74. The van der Waals surface area contributed by atoms with E-state index in [1.807, 2.05) is 84.9 Å². The maximum atomic E-state index is 12.9. The second-order valence-corrected chi connectivity index (χ2v) is 8.80. The summed E-state index contributed by atoms with van der Waals surface area (Å²) < 4.78 is 17.5. The second-order valence-electron chi connectivity index (χ2n) is 7.13. The van der Waals surface area contributed by atoms with Gasteiger partial charge in [-0.3, -0.25) is 9.69 Å². The van der Waals surface area contributed by atoms with E-state index in [4.69, 9.17) is 26.4 Å². The summed E-state index contributed by atoms with van der Waals surface area (Å²) in [6.45, 7) is 1.02. The van der Waals surface area contributed by atoms with Crippen LogP contribution >= 0.6 is 24.0 Å². The molecule has 5 nitrogen and oxygen atoms in total. The molecule has 4 rings (SSSR count). The molecule has 0 radical (unpaired) electrons. The van der Waals surface area contributed by atoms with Crippen molar-refractivity contribution < 1.29 is 19.0 Å². The molecule has 0 atom stereocenters. The van der Waals surface area contributed by atoms with Crippen molar-refractivity contribution >= 4 is 46.0 Å². The summed E-state index contributed by atoms with van der Waals surface area (Å²) in [6, 6.07) is 24.6. The van der Waals surface area contributed by atoms with Gasteiger partial charge in [-0.05, 0) is 48.0 Å². The first-order valence-electron chi connectivity index (χ1n) is 10.5. The maximum absolute atomic E-state index is 12.9. The van der Waals surface area contributed by atoms with Crippen molar-refractivity contribution in [2.75, 3.05) is 25.2 Å². The van der Waals surface area contributed by atoms with E-state index in [9.17, 15) is 4.79 Å². The minimum absolute atomic E-state index is 0.115. The molecule has 0 aliphatic carbocycles. The third-order valence-electron chi connectivity index (χ3n) is 4.85. The lowest BCUT2D eigenvalue weighted by molar-refractivity contribution is -0.113. The lowest BCUT2D eigenvalue weighted by atomic mass is 10.2. The van der Waals surface area contributed by atoms with E-state index in [1.54, 1.807) is 12.0 Å². The summed E-state index contributed by atoms with van der Waals surface area (Å²) in [4.78, 5) is 15.1. The molecule has 0 spiro atoms. The Balaban J connectivity index is 1.33. The van der Waals surface area contributed by atoms with Crippen molar-refractivity contribution in [2.24, 2.45) is 0 Å². The molecular weight excluding hydrogens is 454 g/mol. The molecule has 7 heteroatoms. The fourth-order valence-corrected chi connectivity index (χ4v) is 4.58. The van der Waals surface area contributed by atoms with Gasteiger partial charge in [-0.25, -0.2) is 0 Å². The number of rotatable bonds is 9. The highest BCUT2D eigenvalue weighted by molar-refractivity contribution is 8.27. The van der Waals surface area contributed by atoms with Crippen molar-refractivity contribution in [3.63, 3.8) is 0 Å². The monoisotopic (exact) mass is 477 g/mol. The Morgan fingerprint density at radius 2 is 1.64 bits per heavy atom. The lowest BCUT2D eigenvalue weighted by Gasteiger charge is -2.13. The molecule has 3 aromatic carbocycles. The number of carbonyl (C=O) groups is 1. The molecule has 1 aliphatic heterocycles. The molecule has 1 saturated heterocycles. The zero-order chi connectivity index (χ0) is 23.0. The molecule has 0 N–H and O–H groups in total. The van der Waals surface area contributed by atoms with Gasteiger partial charge in [0.1, 0.15) is 5.75 Å². The van der Waals surface area contributed by atoms with E-state index in [0.29, 0.717) is 28.2 Å². The van der Waals surface area contributed by atoms with Crippen LogP contribution in [0.1, 0.15) is 12.0 Å². The van der Waals surface area contributed by atoms with Crippen molar-refractivity contribution in [1.82, 2.24) is 0 Å². The molecular formula is C26H23NO4S2. The van der Waals surface area contributed by atoms with Crippen LogP contribution in [-0.2, 0) is 4.79 Å². The van der Waals surface area contributed by atoms with E-state index >= 15 is 0 Å². The first-order chi connectivity index (χ1) is 16.2. The summed E-state index contributed by atoms with van der Waals surface area (Å²) in [6.07, 6.45) is 2.57. The van der Waals surface area contributed by atoms with Crippen LogP contribution in [0.25, 0.3) is 6.08 Å². The SMILES string of the molecule is COc1ccccc1OCCCOc1cccc(/C=C2\SC(=S)N(c3ccccc3)C2=O)c1. The number of benzene rings is 3. The number of nitrogens with zero attached hydrogens (tertiary/aromatic N) is 1. The summed E-state index contributed by atoms with van der Waals surface area (Å²) in [7, 11) is 1.62. The molecule has 33 heavy (non-hydrogen) atoms. The number of amides is 1. The minimum Gasteiger partial charge on any atom is -0.493 e. The highest BCUT2D eigenvalue weighted by Crippen LogP contribution is 2.36. The zero-order valence-electron chi connectivity index (χ0n) is 18.1. The molecule has 1 heterocycles. The van der Waals surface area contributed by atoms with Gasteiger partial charge < -0.3 is 14.2 Å². The Bertz CT molecular complexity index is 1160. The minimum atomic E-state index is -0.115. The van der Waals surface area contributed by atoms with E-state index in [1.165, 1.54) is 11.8 Å². The van der Waals surface area contributed by atoms with Crippen LogP contribution in [0.15, 0.2) is 83.8 Å². The Morgan fingerprint density at radius 3 is 2.42 bits per heavy atom. The Kier molecular flexibility index (Phi) is 7.65. The quantitative estimate of drug-likeness (QED) is 0.216. The van der Waals surface area contributed by atoms with Crippen LogP contribution in [0.5, 0.6) is 17.2 Å². The number of thioether (sulfide) groups is 1. The van der Waals surface area contributed by atoms with Gasteiger partial charge in [0.2, 0.25) is 0 Å². The number of carbonyl (C=O) groups excluding carboxylic acids is 1. The van der Waals surface area contributed by atoms with E-state index in [0.717, 1.165) is 29.2 Å². The van der Waals surface area contributed by atoms with Gasteiger partial charge in [0.05, 0.1) is 30.9 Å². The summed E-state index contributed by atoms with van der Waals surface area (Å²) in [5.74, 6) is 2.05. The van der Waals surface area contributed by atoms with Crippen molar-refractivity contribution in [3.8, 4) is 17.2 Å². The topological polar surface area (TPSA) is 48.0 Å². The molecule has 1 amide bonds. The predicted octanol–water partition coefficient (Wildman–Crippen LogP) is 5.95. The number of para-hydroxylation sites is 3. The van der Waals surface area contributed by atoms with Gasteiger partial charge in [-0.1, -0.05) is 66.4 Å². The number of hydrogen-bond donors (Lipinski definition) is 0. The highest BCUT2D eigenvalue weighted by Gasteiger charge is 2.33. The predicted molar refractivity (Wildman–Crippen MR) is 137 cm³/mol. The summed E-state index contributed by atoms with van der Waals surface area (Å²) in [5.41, 5.74) is 1.65. The summed E-state index contributed by atoms with van der Waals surface area (Å²) in [5, 5.41) is 0. The average molecular weight is 478 g/mol. The molecule has 168 valence electrons. The fourth-order valence-electron chi connectivity index (χ4n) is 3.28. The van der Waals surface area contributed by atoms with Crippen molar-refractivity contribution in [1.29, 1.82) is 0 Å². The number of ether oxygens (including phenoxy) is 3. The van der Waals surface area contributed by atoms with Gasteiger partial charge in [-0.2, -0.15) is 0 Å². The fraction of sp³-hybridized carbons (Fsp3) is 0.154. The number of thiocarbonyl (C=S) groups is 1. The van der Waals surface area contributed by atoms with E-state index in [2.05, 4.69) is 0 Å². The van der Waals surface area contributed by atoms with Crippen molar-refractivity contribution in [2.45, 2.75) is 6.42 Å². The zero-order valence-corrected chi connectivity index (χ0v) is 19.7. The standard InChI is InChI=1S/C26H23NO4S2/c1-29-22-13-5-6-14-23(22)31-16-8-15-30-21-12-7-9-19(17-21)18-24-25(28)27(26(32)33-24)20-10-3-2-4-11-20/h2-7,9-14,17-18H,8,15-16H2,1H3/b24-18-. The lowest BCUT2D eigenvalue weighted by Crippen LogP contribution is -2.27. The highest BCUT2D eigenvalue weighted by atomic mass is 32.2. The van der Waals surface area contributed by atoms with Gasteiger partial charge in [-0.15, -0.1) is 0 Å². The van der Waals surface area contributed by atoms with E-state index < -0.39 is 0 Å². The molecule has 0 saturated carbocycles. The van der Waals surface area contributed by atoms with Crippen LogP contribution < -0.4 is 19.1 Å². The molecule has 1 aliphatic rings. The third-order valence-corrected chi connectivity index (χ3v) is 6.15. The molecule has 1 fully saturated rings. The maximum Gasteiger partial charge on any atom is 0.270 e. The molecule has 0 bridgehead atoms. The van der Waals surface area contributed by atoms with Crippen LogP contribution in [0.3, 0.4) is 0 Å². The Hall–Kier alpha value is -3.29. The Labute approximate surface area is 203 Å².